The van der Waals surface area contributed by atoms with E-state index in [4.69, 9.17) is 0 Å². The number of fused-ring (bicyclic) bond motifs is 1. The molecule has 2 aliphatic heterocycles. The van der Waals surface area contributed by atoms with Gasteiger partial charge in [0.25, 0.3) is 0 Å². The molecule has 0 aliphatic carbocycles. The van der Waals surface area contributed by atoms with Gasteiger partial charge in [0, 0.05) is 25.7 Å². The number of carbonyl (C=O) groups excluding carboxylic acids is 1. The molecule has 4 heteroatoms. The molecule has 2 N–H and O–H groups in total. The lowest BCUT2D eigenvalue weighted by Crippen LogP contribution is -2.51. The second-order valence-electron chi connectivity index (χ2n) is 5.38. The van der Waals surface area contributed by atoms with Crippen LogP contribution in [0.4, 0.5) is 4.79 Å². The standard InChI is InChI=1S/C12H23N3O/c1-9(2)7-14-12(16)15-6-4-10-3-5-13-8-11(10)15/h9-11,13H,3-8H2,1-2H3,(H,14,16)/t10-,11-/m0/s1. The molecule has 0 bridgehead atoms. The van der Waals surface area contributed by atoms with Crippen molar-refractivity contribution in [3.63, 3.8) is 0 Å². The average Bonchev–Trinajstić information content (AvgIpc) is 2.69. The van der Waals surface area contributed by atoms with Gasteiger partial charge in [0.1, 0.15) is 0 Å². The first-order valence-corrected chi connectivity index (χ1v) is 6.43. The highest BCUT2D eigenvalue weighted by Gasteiger charge is 2.38. The Bertz CT molecular complexity index is 255. The van der Waals surface area contributed by atoms with E-state index in [1.165, 1.54) is 12.8 Å². The van der Waals surface area contributed by atoms with Crippen LogP contribution in [-0.4, -0.2) is 43.2 Å². The molecule has 2 amide bonds. The van der Waals surface area contributed by atoms with Gasteiger partial charge in [0.2, 0.25) is 0 Å². The zero-order valence-corrected chi connectivity index (χ0v) is 10.3. The summed E-state index contributed by atoms with van der Waals surface area (Å²) < 4.78 is 0. The van der Waals surface area contributed by atoms with Gasteiger partial charge in [-0.25, -0.2) is 4.79 Å². The number of nitrogens with one attached hydrogen (secondary N) is 2. The number of piperidine rings is 1. The summed E-state index contributed by atoms with van der Waals surface area (Å²) in [5.74, 6) is 1.25. The summed E-state index contributed by atoms with van der Waals surface area (Å²) in [6, 6.07) is 0.561. The zero-order chi connectivity index (χ0) is 11.5. The monoisotopic (exact) mass is 225 g/mol. The number of rotatable bonds is 2. The Hall–Kier alpha value is -0.770. The van der Waals surface area contributed by atoms with E-state index in [2.05, 4.69) is 24.5 Å². The van der Waals surface area contributed by atoms with Crippen LogP contribution in [0.15, 0.2) is 0 Å². The quantitative estimate of drug-likeness (QED) is 0.737. The van der Waals surface area contributed by atoms with E-state index in [0.717, 1.165) is 32.1 Å². The molecule has 16 heavy (non-hydrogen) atoms. The molecule has 0 aromatic heterocycles. The summed E-state index contributed by atoms with van der Waals surface area (Å²) in [6.45, 7) is 8.04. The number of likely N-dealkylation sites (tertiary alicyclic amines) is 1. The number of urea groups is 1. The van der Waals surface area contributed by atoms with Crippen molar-refractivity contribution in [1.29, 1.82) is 0 Å². The van der Waals surface area contributed by atoms with Crippen molar-refractivity contribution in [2.45, 2.75) is 32.7 Å². The third-order valence-electron chi connectivity index (χ3n) is 3.65. The summed E-state index contributed by atoms with van der Waals surface area (Å²) in [6.07, 6.45) is 2.40. The molecule has 0 radical (unpaired) electrons. The highest BCUT2D eigenvalue weighted by Crippen LogP contribution is 2.28. The van der Waals surface area contributed by atoms with Crippen LogP contribution in [0.1, 0.15) is 26.7 Å². The minimum Gasteiger partial charge on any atom is -0.338 e. The minimum absolute atomic E-state index is 0.130. The maximum absolute atomic E-state index is 12.0. The summed E-state index contributed by atoms with van der Waals surface area (Å²) in [4.78, 5) is 14.0. The van der Waals surface area contributed by atoms with Crippen molar-refractivity contribution in [3.05, 3.63) is 0 Å². The van der Waals surface area contributed by atoms with Crippen LogP contribution in [-0.2, 0) is 0 Å². The lowest BCUT2D eigenvalue weighted by atomic mass is 9.93. The number of hydrogen-bond donors (Lipinski definition) is 2. The molecule has 4 nitrogen and oxygen atoms in total. The Morgan fingerprint density at radius 2 is 2.31 bits per heavy atom. The molecule has 2 heterocycles. The van der Waals surface area contributed by atoms with Gasteiger partial charge in [-0.05, 0) is 31.2 Å². The van der Waals surface area contributed by atoms with E-state index >= 15 is 0 Å². The maximum atomic E-state index is 12.0. The molecular formula is C12H23N3O. The maximum Gasteiger partial charge on any atom is 0.317 e. The molecule has 0 aromatic rings. The average molecular weight is 225 g/mol. The third kappa shape index (κ3) is 2.48. The Morgan fingerprint density at radius 3 is 3.06 bits per heavy atom. The van der Waals surface area contributed by atoms with E-state index in [-0.39, 0.29) is 6.03 Å². The van der Waals surface area contributed by atoms with E-state index in [1.54, 1.807) is 0 Å². The normalized spacial score (nSPS) is 29.3. The zero-order valence-electron chi connectivity index (χ0n) is 10.3. The van der Waals surface area contributed by atoms with Gasteiger partial charge in [0.05, 0.1) is 0 Å². The molecule has 2 atom stereocenters. The van der Waals surface area contributed by atoms with Crippen LogP contribution < -0.4 is 10.6 Å². The van der Waals surface area contributed by atoms with Gasteiger partial charge in [-0.2, -0.15) is 0 Å². The van der Waals surface area contributed by atoms with Crippen molar-refractivity contribution < 1.29 is 4.79 Å². The summed E-state index contributed by atoms with van der Waals surface area (Å²) >= 11 is 0. The fraction of sp³-hybridized carbons (Fsp3) is 0.917. The van der Waals surface area contributed by atoms with Crippen LogP contribution in [0.5, 0.6) is 0 Å². The van der Waals surface area contributed by atoms with E-state index in [9.17, 15) is 4.79 Å². The van der Waals surface area contributed by atoms with Gasteiger partial charge in [-0.15, -0.1) is 0 Å². The van der Waals surface area contributed by atoms with Crippen LogP contribution in [0.25, 0.3) is 0 Å². The Balaban J connectivity index is 1.87. The predicted octanol–water partition coefficient (Wildman–Crippen LogP) is 1.04. The van der Waals surface area contributed by atoms with Crippen molar-refractivity contribution >= 4 is 6.03 Å². The fourth-order valence-corrected chi connectivity index (χ4v) is 2.71. The summed E-state index contributed by atoms with van der Waals surface area (Å²) in [5.41, 5.74) is 0. The third-order valence-corrected chi connectivity index (χ3v) is 3.65. The van der Waals surface area contributed by atoms with Crippen LogP contribution >= 0.6 is 0 Å². The molecule has 2 fully saturated rings. The largest absolute Gasteiger partial charge is 0.338 e. The van der Waals surface area contributed by atoms with Crippen molar-refractivity contribution in [3.8, 4) is 0 Å². The number of amides is 2. The van der Waals surface area contributed by atoms with E-state index < -0.39 is 0 Å². The van der Waals surface area contributed by atoms with Crippen LogP contribution in [0.2, 0.25) is 0 Å². The molecule has 2 aliphatic rings. The smallest absolute Gasteiger partial charge is 0.317 e. The van der Waals surface area contributed by atoms with E-state index in [1.807, 2.05) is 4.90 Å². The van der Waals surface area contributed by atoms with Crippen molar-refractivity contribution in [1.82, 2.24) is 15.5 Å². The molecule has 0 unspecified atom stereocenters. The number of hydrogen-bond acceptors (Lipinski definition) is 2. The summed E-state index contributed by atoms with van der Waals surface area (Å²) in [7, 11) is 0. The van der Waals surface area contributed by atoms with Gasteiger partial charge >= 0.3 is 6.03 Å². The van der Waals surface area contributed by atoms with Crippen LogP contribution in [0, 0.1) is 11.8 Å². The second kappa shape index (κ2) is 5.04. The van der Waals surface area contributed by atoms with Gasteiger partial charge in [0.15, 0.2) is 0 Å². The number of nitrogens with zero attached hydrogens (tertiary/aromatic N) is 1. The van der Waals surface area contributed by atoms with Crippen molar-refractivity contribution in [2.24, 2.45) is 11.8 Å². The molecule has 2 rings (SSSR count). The minimum atomic E-state index is 0.130. The lowest BCUT2D eigenvalue weighted by Gasteiger charge is -2.32. The first kappa shape index (κ1) is 11.7. The lowest BCUT2D eigenvalue weighted by molar-refractivity contribution is 0.174. The highest BCUT2D eigenvalue weighted by molar-refractivity contribution is 5.75. The molecule has 92 valence electrons. The van der Waals surface area contributed by atoms with Gasteiger partial charge in [-0.3, -0.25) is 0 Å². The van der Waals surface area contributed by atoms with Crippen molar-refractivity contribution in [2.75, 3.05) is 26.2 Å². The fourth-order valence-electron chi connectivity index (χ4n) is 2.71. The molecule has 0 aromatic carbocycles. The number of carbonyl (C=O) groups is 1. The van der Waals surface area contributed by atoms with Gasteiger partial charge < -0.3 is 15.5 Å². The highest BCUT2D eigenvalue weighted by atomic mass is 16.2. The molecule has 2 saturated heterocycles. The summed E-state index contributed by atoms with van der Waals surface area (Å²) in [5, 5.41) is 6.40. The predicted molar refractivity (Wildman–Crippen MR) is 64.3 cm³/mol. The SMILES string of the molecule is CC(C)CNC(=O)N1CC[C@@H]2CCNC[C@@H]21. The van der Waals surface area contributed by atoms with Crippen LogP contribution in [0.3, 0.4) is 0 Å². The Kier molecular flexibility index (Phi) is 3.69. The van der Waals surface area contributed by atoms with E-state index in [0.29, 0.717) is 12.0 Å². The van der Waals surface area contributed by atoms with Gasteiger partial charge in [-0.1, -0.05) is 13.8 Å². The topological polar surface area (TPSA) is 44.4 Å². The molecule has 0 saturated carbocycles. The Labute approximate surface area is 97.8 Å². The first-order chi connectivity index (χ1) is 7.68. The molecular weight excluding hydrogens is 202 g/mol. The molecule has 0 spiro atoms. The first-order valence-electron chi connectivity index (χ1n) is 6.43. The Morgan fingerprint density at radius 1 is 1.50 bits per heavy atom. The second-order valence-corrected chi connectivity index (χ2v) is 5.38.